The van der Waals surface area contributed by atoms with E-state index in [4.69, 9.17) is 10.5 Å². The summed E-state index contributed by atoms with van der Waals surface area (Å²) in [5, 5.41) is 0. The van der Waals surface area contributed by atoms with E-state index < -0.39 is 0 Å². The molecule has 0 heterocycles. The van der Waals surface area contributed by atoms with E-state index in [-0.39, 0.29) is 0 Å². The van der Waals surface area contributed by atoms with Crippen LogP contribution in [0.3, 0.4) is 0 Å². The zero-order valence-corrected chi connectivity index (χ0v) is 10.2. The highest BCUT2D eigenvalue weighted by atomic mass is 16.5. The Labute approximate surface area is 94.0 Å². The largest absolute Gasteiger partial charge is 0.379 e. The van der Waals surface area contributed by atoms with Crippen molar-refractivity contribution in [2.45, 2.75) is 51.6 Å². The number of hydrogen-bond donors (Lipinski definition) is 1. The summed E-state index contributed by atoms with van der Waals surface area (Å²) >= 11 is 0. The molecule has 1 aliphatic carbocycles. The summed E-state index contributed by atoms with van der Waals surface area (Å²) in [5.41, 5.74) is 5.39. The van der Waals surface area contributed by atoms with E-state index in [1.807, 2.05) is 0 Å². The molecule has 0 atom stereocenters. The fourth-order valence-electron chi connectivity index (χ4n) is 2.45. The Bertz CT molecular complexity index is 156. The van der Waals surface area contributed by atoms with E-state index in [0.29, 0.717) is 19.2 Å². The topological polar surface area (TPSA) is 38.5 Å². The first-order valence-electron chi connectivity index (χ1n) is 6.29. The number of nitrogens with two attached hydrogens (primary N) is 1. The van der Waals surface area contributed by atoms with Gasteiger partial charge in [-0.25, -0.2) is 0 Å². The first-order chi connectivity index (χ1) is 7.25. The molecular formula is C12H26N2O. The van der Waals surface area contributed by atoms with Gasteiger partial charge in [-0.1, -0.05) is 12.8 Å². The summed E-state index contributed by atoms with van der Waals surface area (Å²) in [6.45, 7) is 7.76. The molecule has 0 aromatic carbocycles. The lowest BCUT2D eigenvalue weighted by molar-refractivity contribution is 0.0752. The first-order valence-corrected chi connectivity index (χ1v) is 6.29. The molecule has 2 N–H and O–H groups in total. The van der Waals surface area contributed by atoms with Crippen molar-refractivity contribution in [2.24, 2.45) is 5.73 Å². The number of nitrogens with zero attached hydrogens (tertiary/aromatic N) is 1. The minimum atomic E-state index is 0.630. The fourth-order valence-corrected chi connectivity index (χ4v) is 2.45. The second-order valence-corrected chi connectivity index (χ2v) is 4.67. The minimum absolute atomic E-state index is 0.630. The van der Waals surface area contributed by atoms with Crippen molar-refractivity contribution < 1.29 is 4.74 Å². The van der Waals surface area contributed by atoms with Crippen LogP contribution < -0.4 is 5.73 Å². The van der Waals surface area contributed by atoms with Gasteiger partial charge in [0.2, 0.25) is 0 Å². The van der Waals surface area contributed by atoms with Crippen molar-refractivity contribution in [2.75, 3.05) is 26.3 Å². The van der Waals surface area contributed by atoms with Gasteiger partial charge in [0.1, 0.15) is 0 Å². The number of rotatable bonds is 7. The number of hydrogen-bond acceptors (Lipinski definition) is 3. The normalized spacial score (nSPS) is 18.2. The molecule has 0 radical (unpaired) electrons. The van der Waals surface area contributed by atoms with Crippen molar-refractivity contribution in [3.05, 3.63) is 0 Å². The van der Waals surface area contributed by atoms with E-state index in [1.165, 1.54) is 25.7 Å². The van der Waals surface area contributed by atoms with Gasteiger partial charge in [0.05, 0.1) is 13.2 Å². The molecule has 3 heteroatoms. The summed E-state index contributed by atoms with van der Waals surface area (Å²) in [6.07, 6.45) is 5.54. The summed E-state index contributed by atoms with van der Waals surface area (Å²) in [5.74, 6) is 0. The second kappa shape index (κ2) is 7.20. The number of ether oxygens (including phenoxy) is 1. The first kappa shape index (κ1) is 12.9. The predicted molar refractivity (Wildman–Crippen MR) is 64.0 cm³/mol. The van der Waals surface area contributed by atoms with Gasteiger partial charge in [0.25, 0.3) is 0 Å². The van der Waals surface area contributed by atoms with Gasteiger partial charge in [-0.15, -0.1) is 0 Å². The molecule has 1 rings (SSSR count). The maximum absolute atomic E-state index is 5.46. The lowest BCUT2D eigenvalue weighted by Crippen LogP contribution is -2.41. The molecule has 0 aliphatic heterocycles. The highest BCUT2D eigenvalue weighted by Crippen LogP contribution is 2.24. The molecule has 15 heavy (non-hydrogen) atoms. The molecule has 0 bridgehead atoms. The van der Waals surface area contributed by atoms with Gasteiger partial charge in [0.15, 0.2) is 0 Å². The lowest BCUT2D eigenvalue weighted by atomic mass is 10.1. The van der Waals surface area contributed by atoms with Gasteiger partial charge >= 0.3 is 0 Å². The monoisotopic (exact) mass is 214 g/mol. The van der Waals surface area contributed by atoms with Crippen LogP contribution in [-0.4, -0.2) is 43.3 Å². The summed E-state index contributed by atoms with van der Waals surface area (Å²) in [7, 11) is 0. The molecule has 0 spiro atoms. The highest BCUT2D eigenvalue weighted by molar-refractivity contribution is 4.79. The Morgan fingerprint density at radius 3 is 2.47 bits per heavy atom. The molecule has 0 aromatic rings. The van der Waals surface area contributed by atoms with Crippen LogP contribution in [0.2, 0.25) is 0 Å². The van der Waals surface area contributed by atoms with E-state index in [2.05, 4.69) is 18.7 Å². The summed E-state index contributed by atoms with van der Waals surface area (Å²) in [6, 6.07) is 1.43. The van der Waals surface area contributed by atoms with Gasteiger partial charge in [-0.05, 0) is 26.7 Å². The zero-order chi connectivity index (χ0) is 11.1. The van der Waals surface area contributed by atoms with Crippen molar-refractivity contribution in [3.63, 3.8) is 0 Å². The Morgan fingerprint density at radius 1 is 1.27 bits per heavy atom. The molecule has 0 saturated heterocycles. The summed E-state index contributed by atoms with van der Waals surface area (Å²) < 4.78 is 5.46. The van der Waals surface area contributed by atoms with Crippen LogP contribution in [0.5, 0.6) is 0 Å². The van der Waals surface area contributed by atoms with Crippen molar-refractivity contribution >= 4 is 0 Å². The Kier molecular flexibility index (Phi) is 6.22. The van der Waals surface area contributed by atoms with Crippen LogP contribution in [0.15, 0.2) is 0 Å². The van der Waals surface area contributed by atoms with E-state index >= 15 is 0 Å². The highest BCUT2D eigenvalue weighted by Gasteiger charge is 2.23. The predicted octanol–water partition coefficient (Wildman–Crippen LogP) is 1.61. The molecular weight excluding hydrogens is 188 g/mol. The van der Waals surface area contributed by atoms with E-state index in [9.17, 15) is 0 Å². The molecule has 90 valence electrons. The van der Waals surface area contributed by atoms with Gasteiger partial charge in [0, 0.05) is 25.2 Å². The third-order valence-electron chi connectivity index (χ3n) is 3.21. The van der Waals surface area contributed by atoms with E-state index in [1.54, 1.807) is 0 Å². The standard InChI is InChI=1S/C12H26N2O/c1-11(2)14(8-10-15-9-7-13)12-5-3-4-6-12/h11-12H,3-10,13H2,1-2H3. The van der Waals surface area contributed by atoms with Crippen LogP contribution in [0.4, 0.5) is 0 Å². The maximum atomic E-state index is 5.46. The molecule has 3 nitrogen and oxygen atoms in total. The lowest BCUT2D eigenvalue weighted by Gasteiger charge is -2.32. The van der Waals surface area contributed by atoms with Crippen LogP contribution >= 0.6 is 0 Å². The van der Waals surface area contributed by atoms with Gasteiger partial charge in [-0.2, -0.15) is 0 Å². The third-order valence-corrected chi connectivity index (χ3v) is 3.21. The Morgan fingerprint density at radius 2 is 1.93 bits per heavy atom. The van der Waals surface area contributed by atoms with E-state index in [0.717, 1.165) is 19.2 Å². The smallest absolute Gasteiger partial charge is 0.0594 e. The van der Waals surface area contributed by atoms with Crippen LogP contribution in [-0.2, 0) is 4.74 Å². The van der Waals surface area contributed by atoms with Gasteiger partial charge in [-0.3, -0.25) is 4.90 Å². The maximum Gasteiger partial charge on any atom is 0.0594 e. The minimum Gasteiger partial charge on any atom is -0.379 e. The van der Waals surface area contributed by atoms with Gasteiger partial charge < -0.3 is 10.5 Å². The second-order valence-electron chi connectivity index (χ2n) is 4.67. The zero-order valence-electron chi connectivity index (χ0n) is 10.2. The average molecular weight is 214 g/mol. The van der Waals surface area contributed by atoms with Crippen LogP contribution in [0, 0.1) is 0 Å². The van der Waals surface area contributed by atoms with Crippen LogP contribution in [0.1, 0.15) is 39.5 Å². The van der Waals surface area contributed by atoms with Crippen molar-refractivity contribution in [1.29, 1.82) is 0 Å². The molecule has 1 fully saturated rings. The molecule has 0 aromatic heterocycles. The quantitative estimate of drug-likeness (QED) is 0.654. The summed E-state index contributed by atoms with van der Waals surface area (Å²) in [4.78, 5) is 2.59. The van der Waals surface area contributed by atoms with Crippen molar-refractivity contribution in [3.8, 4) is 0 Å². The third kappa shape index (κ3) is 4.49. The molecule has 0 unspecified atom stereocenters. The molecule has 1 aliphatic rings. The Balaban J connectivity index is 2.24. The molecule has 0 amide bonds. The van der Waals surface area contributed by atoms with Crippen LogP contribution in [0.25, 0.3) is 0 Å². The molecule has 1 saturated carbocycles. The fraction of sp³-hybridized carbons (Fsp3) is 1.00. The Hall–Kier alpha value is -0.120. The average Bonchev–Trinajstić information content (AvgIpc) is 2.70. The SMILES string of the molecule is CC(C)N(CCOCCN)C1CCCC1. The van der Waals surface area contributed by atoms with Crippen molar-refractivity contribution in [1.82, 2.24) is 4.90 Å².